The van der Waals surface area contributed by atoms with Crippen molar-refractivity contribution in [3.63, 3.8) is 0 Å². The summed E-state index contributed by atoms with van der Waals surface area (Å²) in [7, 11) is 0. The van der Waals surface area contributed by atoms with E-state index in [9.17, 15) is 0 Å². The highest BCUT2D eigenvalue weighted by Gasteiger charge is 2.18. The number of benzene rings is 3. The molecule has 0 atom stereocenters. The highest BCUT2D eigenvalue weighted by atomic mass is 14.8. The highest BCUT2D eigenvalue weighted by molar-refractivity contribution is 6.08. The van der Waals surface area contributed by atoms with Gasteiger partial charge in [0, 0.05) is 39.5 Å². The predicted octanol–water partition coefficient (Wildman–Crippen LogP) is 5.99. The van der Waals surface area contributed by atoms with Gasteiger partial charge >= 0.3 is 0 Å². The summed E-state index contributed by atoms with van der Waals surface area (Å²) in [5.74, 6) is 0. The van der Waals surface area contributed by atoms with E-state index >= 15 is 0 Å². The first-order valence-electron chi connectivity index (χ1n) is 9.20. The molecule has 2 N–H and O–H groups in total. The Kier molecular flexibility index (Phi) is 2.94. The molecule has 6 rings (SSSR count). The number of rotatable bonds is 2. The average molecular weight is 347 g/mol. The molecule has 27 heavy (non-hydrogen) atoms. The summed E-state index contributed by atoms with van der Waals surface area (Å²) in [6, 6.07) is 27.7. The van der Waals surface area contributed by atoms with Crippen molar-refractivity contribution in [3.05, 3.63) is 90.1 Å². The molecule has 3 heterocycles. The zero-order valence-electron chi connectivity index (χ0n) is 14.7. The third kappa shape index (κ3) is 2.32. The molecule has 0 amide bonds. The van der Waals surface area contributed by atoms with Crippen LogP contribution in [0.5, 0.6) is 0 Å². The number of hydrogen-bond acceptors (Lipinski definition) is 1. The Morgan fingerprint density at radius 2 is 1.33 bits per heavy atom. The van der Waals surface area contributed by atoms with Crippen LogP contribution < -0.4 is 0 Å². The molecule has 0 saturated heterocycles. The maximum atomic E-state index is 4.93. The van der Waals surface area contributed by atoms with Gasteiger partial charge in [0.25, 0.3) is 0 Å². The number of aliphatic imine (C=N–C) groups is 1. The Morgan fingerprint density at radius 1 is 0.667 bits per heavy atom. The smallest absolute Gasteiger partial charge is 0.0690 e. The van der Waals surface area contributed by atoms with Crippen molar-refractivity contribution in [2.75, 3.05) is 0 Å². The lowest BCUT2D eigenvalue weighted by Crippen LogP contribution is -2.00. The number of fused-ring (bicyclic) bond motifs is 3. The summed E-state index contributed by atoms with van der Waals surface area (Å²) in [6.07, 6.45) is 0.870. The van der Waals surface area contributed by atoms with Gasteiger partial charge in [-0.25, -0.2) is 0 Å². The summed E-state index contributed by atoms with van der Waals surface area (Å²) in [6.45, 7) is 0. The molecule has 3 heteroatoms. The number of nitrogens with zero attached hydrogens (tertiary/aromatic N) is 1. The van der Waals surface area contributed by atoms with Gasteiger partial charge in [-0.15, -0.1) is 0 Å². The SMILES string of the molecule is c1ccc2[nH]c(C3=Nc4cc(-c5cc6ccccc6[nH]5)ccc4C3)cc2c1. The van der Waals surface area contributed by atoms with Gasteiger partial charge in [-0.1, -0.05) is 48.5 Å². The first kappa shape index (κ1) is 14.6. The van der Waals surface area contributed by atoms with Crippen LogP contribution in [0.15, 0.2) is 83.9 Å². The second kappa shape index (κ2) is 5.45. The van der Waals surface area contributed by atoms with Gasteiger partial charge in [0.2, 0.25) is 0 Å². The number of H-pyrrole nitrogens is 2. The van der Waals surface area contributed by atoms with Crippen LogP contribution >= 0.6 is 0 Å². The van der Waals surface area contributed by atoms with E-state index in [4.69, 9.17) is 4.99 Å². The number of para-hydroxylation sites is 2. The molecule has 0 saturated carbocycles. The van der Waals surface area contributed by atoms with Crippen molar-refractivity contribution >= 4 is 33.2 Å². The van der Waals surface area contributed by atoms with Gasteiger partial charge in [-0.2, -0.15) is 0 Å². The molecule has 0 spiro atoms. The lowest BCUT2D eigenvalue weighted by atomic mass is 10.0. The van der Waals surface area contributed by atoms with Gasteiger partial charge in [0.15, 0.2) is 0 Å². The van der Waals surface area contributed by atoms with E-state index in [1.54, 1.807) is 0 Å². The van der Waals surface area contributed by atoms with E-state index < -0.39 is 0 Å². The van der Waals surface area contributed by atoms with Crippen LogP contribution in [0, 0.1) is 0 Å². The minimum absolute atomic E-state index is 0.870. The Morgan fingerprint density at radius 3 is 2.07 bits per heavy atom. The van der Waals surface area contributed by atoms with Crippen LogP contribution in [0.25, 0.3) is 33.1 Å². The van der Waals surface area contributed by atoms with Crippen molar-refractivity contribution in [2.24, 2.45) is 4.99 Å². The van der Waals surface area contributed by atoms with Crippen LogP contribution in [0.1, 0.15) is 11.3 Å². The fourth-order valence-electron chi connectivity index (χ4n) is 3.96. The molecule has 0 aliphatic carbocycles. The molecule has 0 radical (unpaired) electrons. The van der Waals surface area contributed by atoms with Crippen LogP contribution in [0.3, 0.4) is 0 Å². The van der Waals surface area contributed by atoms with E-state index in [2.05, 4.69) is 88.8 Å². The standard InChI is InChI=1S/C24H17N3/c1-3-7-19-15(5-1)11-21(25-19)17-9-10-18-14-24(27-22(18)12-17)23-13-16-6-2-4-8-20(16)26-23/h1-13,25-26H,14H2. The lowest BCUT2D eigenvalue weighted by Gasteiger charge is -2.01. The van der Waals surface area contributed by atoms with E-state index in [1.807, 2.05) is 0 Å². The quantitative estimate of drug-likeness (QED) is 0.394. The average Bonchev–Trinajstić information content (AvgIpc) is 3.41. The Bertz CT molecular complexity index is 1280. The Balaban J connectivity index is 1.41. The number of aromatic nitrogens is 2. The van der Waals surface area contributed by atoms with Gasteiger partial charge in [-0.3, -0.25) is 4.99 Å². The molecular weight excluding hydrogens is 330 g/mol. The summed E-state index contributed by atoms with van der Waals surface area (Å²) in [5, 5.41) is 2.46. The Labute approximate surface area is 156 Å². The number of hydrogen-bond donors (Lipinski definition) is 2. The second-order valence-corrected chi connectivity index (χ2v) is 7.12. The van der Waals surface area contributed by atoms with Crippen LogP contribution in [0.4, 0.5) is 5.69 Å². The van der Waals surface area contributed by atoms with E-state index in [-0.39, 0.29) is 0 Å². The molecule has 3 aromatic carbocycles. The monoisotopic (exact) mass is 347 g/mol. The minimum atomic E-state index is 0.870. The molecule has 3 nitrogen and oxygen atoms in total. The van der Waals surface area contributed by atoms with E-state index in [0.717, 1.165) is 40.2 Å². The van der Waals surface area contributed by atoms with E-state index in [1.165, 1.54) is 21.9 Å². The zero-order valence-corrected chi connectivity index (χ0v) is 14.7. The number of nitrogens with one attached hydrogen (secondary N) is 2. The topological polar surface area (TPSA) is 43.9 Å². The fourth-order valence-corrected chi connectivity index (χ4v) is 3.96. The molecular formula is C24H17N3. The maximum absolute atomic E-state index is 4.93. The molecule has 0 bridgehead atoms. The van der Waals surface area contributed by atoms with Crippen LogP contribution in [0.2, 0.25) is 0 Å². The third-order valence-corrected chi connectivity index (χ3v) is 5.38. The summed E-state index contributed by atoms with van der Waals surface area (Å²) in [5.41, 5.74) is 9.19. The number of aromatic amines is 2. The Hall–Kier alpha value is -3.59. The van der Waals surface area contributed by atoms with Crippen molar-refractivity contribution in [1.82, 2.24) is 9.97 Å². The van der Waals surface area contributed by atoms with Gasteiger partial charge in [-0.05, 0) is 35.9 Å². The normalized spacial score (nSPS) is 13.3. The first-order valence-corrected chi connectivity index (χ1v) is 9.20. The highest BCUT2D eigenvalue weighted by Crippen LogP contribution is 2.34. The van der Waals surface area contributed by atoms with Crippen molar-refractivity contribution in [1.29, 1.82) is 0 Å². The minimum Gasteiger partial charge on any atom is -0.355 e. The molecule has 2 aromatic heterocycles. The van der Waals surface area contributed by atoms with Crippen LogP contribution in [-0.2, 0) is 6.42 Å². The summed E-state index contributed by atoms with van der Waals surface area (Å²) >= 11 is 0. The van der Waals surface area contributed by atoms with Gasteiger partial charge in [0.05, 0.1) is 17.1 Å². The molecule has 128 valence electrons. The first-order chi connectivity index (χ1) is 13.3. The summed E-state index contributed by atoms with van der Waals surface area (Å²) in [4.78, 5) is 11.9. The van der Waals surface area contributed by atoms with Gasteiger partial charge < -0.3 is 9.97 Å². The van der Waals surface area contributed by atoms with Crippen molar-refractivity contribution < 1.29 is 0 Å². The second-order valence-electron chi connectivity index (χ2n) is 7.12. The predicted molar refractivity (Wildman–Crippen MR) is 112 cm³/mol. The van der Waals surface area contributed by atoms with E-state index in [0.29, 0.717) is 0 Å². The molecule has 5 aromatic rings. The van der Waals surface area contributed by atoms with Gasteiger partial charge in [0.1, 0.15) is 0 Å². The lowest BCUT2D eigenvalue weighted by molar-refractivity contribution is 1.34. The molecule has 1 aliphatic rings. The van der Waals surface area contributed by atoms with Crippen molar-refractivity contribution in [2.45, 2.75) is 6.42 Å². The summed E-state index contributed by atoms with van der Waals surface area (Å²) < 4.78 is 0. The van der Waals surface area contributed by atoms with Crippen LogP contribution in [-0.4, -0.2) is 15.7 Å². The van der Waals surface area contributed by atoms with Crippen molar-refractivity contribution in [3.8, 4) is 11.3 Å². The fraction of sp³-hybridized carbons (Fsp3) is 0.0417. The largest absolute Gasteiger partial charge is 0.355 e. The molecule has 0 unspecified atom stereocenters. The molecule has 0 fully saturated rings. The third-order valence-electron chi connectivity index (χ3n) is 5.38. The molecule has 1 aliphatic heterocycles. The zero-order chi connectivity index (χ0) is 17.8. The maximum Gasteiger partial charge on any atom is 0.0690 e.